The molecule has 1 aliphatic rings. The number of thiazole rings is 1. The van der Waals surface area contributed by atoms with Gasteiger partial charge in [0.15, 0.2) is 6.10 Å². The number of rotatable bonds is 10. The van der Waals surface area contributed by atoms with Crippen molar-refractivity contribution < 1.29 is 19.1 Å². The smallest absolute Gasteiger partial charge is 0.303 e. The van der Waals surface area contributed by atoms with Crippen LogP contribution < -0.4 is 10.6 Å². The zero-order chi connectivity index (χ0) is 23.0. The quantitative estimate of drug-likeness (QED) is 0.514. The van der Waals surface area contributed by atoms with Crippen molar-refractivity contribution >= 4 is 29.1 Å². The van der Waals surface area contributed by atoms with Crippen LogP contribution in [0.5, 0.6) is 0 Å². The van der Waals surface area contributed by atoms with Gasteiger partial charge < -0.3 is 15.4 Å². The van der Waals surface area contributed by atoms with E-state index >= 15 is 0 Å². The standard InChI is InChI=1S/C23H37N3O4S/c1-14(2)11-21(28)25-18(15(3)4)12-20(30-16(5)27)23-26-19(13-31-23)22(29)24-17-9-7-6-8-10-17/h13-15,17-18,20H,6-12H2,1-5H3,(H,24,29)(H,25,28). The molecule has 2 rings (SSSR count). The van der Waals surface area contributed by atoms with Crippen molar-refractivity contribution in [2.75, 3.05) is 0 Å². The first kappa shape index (κ1) is 25.3. The predicted molar refractivity (Wildman–Crippen MR) is 122 cm³/mol. The van der Waals surface area contributed by atoms with Gasteiger partial charge in [0.25, 0.3) is 5.91 Å². The van der Waals surface area contributed by atoms with Gasteiger partial charge in [-0.25, -0.2) is 4.98 Å². The Morgan fingerprint density at radius 2 is 1.84 bits per heavy atom. The van der Waals surface area contributed by atoms with E-state index in [1.807, 2.05) is 27.7 Å². The maximum absolute atomic E-state index is 12.6. The fourth-order valence-electron chi connectivity index (χ4n) is 3.81. The van der Waals surface area contributed by atoms with E-state index in [2.05, 4.69) is 15.6 Å². The minimum absolute atomic E-state index is 0.0121. The number of carbonyl (C=O) groups excluding carboxylic acids is 3. The van der Waals surface area contributed by atoms with Crippen molar-refractivity contribution in [3.63, 3.8) is 0 Å². The Morgan fingerprint density at radius 3 is 2.42 bits per heavy atom. The second-order valence-electron chi connectivity index (χ2n) is 9.23. The Morgan fingerprint density at radius 1 is 1.16 bits per heavy atom. The Labute approximate surface area is 189 Å². The topological polar surface area (TPSA) is 97.4 Å². The molecule has 0 bridgehead atoms. The summed E-state index contributed by atoms with van der Waals surface area (Å²) in [6, 6.07) is 0.0381. The minimum Gasteiger partial charge on any atom is -0.455 e. The van der Waals surface area contributed by atoms with Crippen molar-refractivity contribution in [1.29, 1.82) is 0 Å². The number of aromatic nitrogens is 1. The first-order valence-corrected chi connectivity index (χ1v) is 12.3. The molecule has 1 saturated carbocycles. The van der Waals surface area contributed by atoms with Crippen LogP contribution in [0, 0.1) is 11.8 Å². The second kappa shape index (κ2) is 12.2. The Kier molecular flexibility index (Phi) is 9.93. The molecule has 0 radical (unpaired) electrons. The normalized spacial score (nSPS) is 16.7. The number of hydrogen-bond donors (Lipinski definition) is 2. The van der Waals surface area contributed by atoms with Gasteiger partial charge in [-0.05, 0) is 24.7 Å². The van der Waals surface area contributed by atoms with E-state index in [9.17, 15) is 14.4 Å². The van der Waals surface area contributed by atoms with Gasteiger partial charge in [0.1, 0.15) is 10.7 Å². The highest BCUT2D eigenvalue weighted by atomic mass is 32.1. The number of nitrogens with one attached hydrogen (secondary N) is 2. The van der Waals surface area contributed by atoms with Crippen LogP contribution in [-0.4, -0.2) is 34.9 Å². The van der Waals surface area contributed by atoms with Crippen LogP contribution in [0.3, 0.4) is 0 Å². The van der Waals surface area contributed by atoms with Gasteiger partial charge in [0, 0.05) is 37.2 Å². The van der Waals surface area contributed by atoms with E-state index in [4.69, 9.17) is 4.74 Å². The summed E-state index contributed by atoms with van der Waals surface area (Å²) in [7, 11) is 0. The molecule has 0 aliphatic heterocycles. The van der Waals surface area contributed by atoms with Crippen molar-refractivity contribution in [2.24, 2.45) is 11.8 Å². The molecular weight excluding hydrogens is 414 g/mol. The van der Waals surface area contributed by atoms with Gasteiger partial charge in [-0.1, -0.05) is 47.0 Å². The lowest BCUT2D eigenvalue weighted by Crippen LogP contribution is -2.40. The zero-order valence-corrected chi connectivity index (χ0v) is 20.2. The van der Waals surface area contributed by atoms with Gasteiger partial charge in [0.2, 0.25) is 5.91 Å². The number of amides is 2. The minimum atomic E-state index is -0.606. The van der Waals surface area contributed by atoms with Crippen LogP contribution in [-0.2, 0) is 14.3 Å². The zero-order valence-electron chi connectivity index (χ0n) is 19.4. The van der Waals surface area contributed by atoms with E-state index in [1.165, 1.54) is 24.7 Å². The highest BCUT2D eigenvalue weighted by Gasteiger charge is 2.28. The lowest BCUT2D eigenvalue weighted by Gasteiger charge is -2.26. The highest BCUT2D eigenvalue weighted by Crippen LogP contribution is 2.29. The molecule has 0 spiro atoms. The van der Waals surface area contributed by atoms with Gasteiger partial charge in [-0.2, -0.15) is 0 Å². The third kappa shape index (κ3) is 8.59. The Hall–Kier alpha value is -1.96. The third-order valence-electron chi connectivity index (χ3n) is 5.49. The summed E-state index contributed by atoms with van der Waals surface area (Å²) in [5, 5.41) is 8.43. The average Bonchev–Trinajstić information content (AvgIpc) is 3.17. The first-order valence-electron chi connectivity index (χ1n) is 11.4. The lowest BCUT2D eigenvalue weighted by molar-refractivity contribution is -0.147. The monoisotopic (exact) mass is 451 g/mol. The average molecular weight is 452 g/mol. The Balaban J connectivity index is 2.09. The van der Waals surface area contributed by atoms with Crippen LogP contribution in [0.25, 0.3) is 0 Å². The molecule has 1 fully saturated rings. The summed E-state index contributed by atoms with van der Waals surface area (Å²) in [6.07, 6.45) is 5.77. The molecule has 0 aromatic carbocycles. The number of esters is 1. The molecule has 7 nitrogen and oxygen atoms in total. The summed E-state index contributed by atoms with van der Waals surface area (Å²) in [4.78, 5) is 41.1. The largest absolute Gasteiger partial charge is 0.455 e. The van der Waals surface area contributed by atoms with Crippen molar-refractivity contribution in [1.82, 2.24) is 15.6 Å². The summed E-state index contributed by atoms with van der Waals surface area (Å²) in [6.45, 7) is 9.41. The second-order valence-corrected chi connectivity index (χ2v) is 10.1. The molecule has 1 aromatic rings. The molecule has 1 aromatic heterocycles. The maximum atomic E-state index is 12.6. The van der Waals surface area contributed by atoms with Crippen LogP contribution in [0.2, 0.25) is 0 Å². The van der Waals surface area contributed by atoms with Gasteiger partial charge in [-0.3, -0.25) is 14.4 Å². The molecular formula is C23H37N3O4S. The molecule has 8 heteroatoms. The van der Waals surface area contributed by atoms with E-state index in [0.29, 0.717) is 23.5 Å². The molecule has 2 amide bonds. The van der Waals surface area contributed by atoms with Crippen molar-refractivity contribution in [3.8, 4) is 0 Å². The van der Waals surface area contributed by atoms with Crippen LogP contribution in [0.1, 0.15) is 101 Å². The summed E-state index contributed by atoms with van der Waals surface area (Å²) in [5.41, 5.74) is 0.354. The predicted octanol–water partition coefficient (Wildman–Crippen LogP) is 4.39. The fraction of sp³-hybridized carbons (Fsp3) is 0.739. The fourth-order valence-corrected chi connectivity index (χ4v) is 4.65. The molecule has 1 aliphatic carbocycles. The van der Waals surface area contributed by atoms with E-state index in [1.54, 1.807) is 5.38 Å². The molecule has 174 valence electrons. The number of carbonyl (C=O) groups is 3. The van der Waals surface area contributed by atoms with Crippen molar-refractivity contribution in [3.05, 3.63) is 16.1 Å². The number of hydrogen-bond acceptors (Lipinski definition) is 6. The van der Waals surface area contributed by atoms with E-state index in [0.717, 1.165) is 25.7 Å². The molecule has 0 saturated heterocycles. The number of nitrogens with zero attached hydrogens (tertiary/aromatic N) is 1. The Bertz CT molecular complexity index is 741. The lowest BCUT2D eigenvalue weighted by atomic mass is 9.95. The van der Waals surface area contributed by atoms with E-state index < -0.39 is 12.1 Å². The maximum Gasteiger partial charge on any atom is 0.303 e. The molecule has 2 atom stereocenters. The van der Waals surface area contributed by atoms with E-state index in [-0.39, 0.29) is 35.7 Å². The summed E-state index contributed by atoms with van der Waals surface area (Å²) in [5.74, 6) is -0.183. The van der Waals surface area contributed by atoms with Crippen molar-refractivity contribution in [2.45, 2.75) is 97.8 Å². The van der Waals surface area contributed by atoms with Crippen LogP contribution >= 0.6 is 11.3 Å². The molecule has 1 heterocycles. The van der Waals surface area contributed by atoms with Gasteiger partial charge >= 0.3 is 5.97 Å². The number of ether oxygens (including phenoxy) is 1. The summed E-state index contributed by atoms with van der Waals surface area (Å²) < 4.78 is 5.55. The molecule has 2 unspecified atom stereocenters. The van der Waals surface area contributed by atoms with Gasteiger partial charge in [-0.15, -0.1) is 11.3 Å². The van der Waals surface area contributed by atoms with Gasteiger partial charge in [0.05, 0.1) is 0 Å². The molecule has 2 N–H and O–H groups in total. The van der Waals surface area contributed by atoms with Crippen LogP contribution in [0.15, 0.2) is 5.38 Å². The first-order chi connectivity index (χ1) is 14.7. The highest BCUT2D eigenvalue weighted by molar-refractivity contribution is 7.09. The third-order valence-corrected chi connectivity index (χ3v) is 6.43. The SMILES string of the molecule is CC(=O)OC(CC(NC(=O)CC(C)C)C(C)C)c1nc(C(=O)NC2CCCCC2)cs1. The molecule has 31 heavy (non-hydrogen) atoms. The summed E-state index contributed by atoms with van der Waals surface area (Å²) >= 11 is 1.31. The van der Waals surface area contributed by atoms with Crippen LogP contribution in [0.4, 0.5) is 0 Å².